The van der Waals surface area contributed by atoms with E-state index in [1.807, 2.05) is 35.2 Å². The van der Waals surface area contributed by atoms with Crippen molar-refractivity contribution in [1.29, 1.82) is 0 Å². The lowest BCUT2D eigenvalue weighted by Gasteiger charge is -2.32. The second-order valence-electron chi connectivity index (χ2n) is 6.24. The van der Waals surface area contributed by atoms with Gasteiger partial charge in [0.2, 0.25) is 11.8 Å². The van der Waals surface area contributed by atoms with E-state index in [-0.39, 0.29) is 17.9 Å². The summed E-state index contributed by atoms with van der Waals surface area (Å²) in [6, 6.07) is 9.67. The molecular weight excluding hydrogens is 304 g/mol. The van der Waals surface area contributed by atoms with Gasteiger partial charge >= 0.3 is 0 Å². The number of unbranched alkanes of at least 4 members (excludes halogenated alkanes) is 1. The van der Waals surface area contributed by atoms with Crippen molar-refractivity contribution < 1.29 is 14.3 Å². The summed E-state index contributed by atoms with van der Waals surface area (Å²) in [4.78, 5) is 25.9. The summed E-state index contributed by atoms with van der Waals surface area (Å²) >= 11 is 0. The van der Waals surface area contributed by atoms with E-state index in [4.69, 9.17) is 4.74 Å². The van der Waals surface area contributed by atoms with Crippen LogP contribution in [-0.4, -0.2) is 42.5 Å². The van der Waals surface area contributed by atoms with Crippen molar-refractivity contribution in [1.82, 2.24) is 10.2 Å². The lowest BCUT2D eigenvalue weighted by molar-refractivity contribution is -0.132. The maximum Gasteiger partial charge on any atom is 0.223 e. The fourth-order valence-electron chi connectivity index (χ4n) is 2.84. The summed E-state index contributed by atoms with van der Waals surface area (Å²) in [6.45, 7) is 3.96. The molecule has 0 radical (unpaired) electrons. The summed E-state index contributed by atoms with van der Waals surface area (Å²) in [5, 5.41) is 3.05. The summed E-state index contributed by atoms with van der Waals surface area (Å²) in [7, 11) is 0. The van der Waals surface area contributed by atoms with Crippen LogP contribution in [0, 0.1) is 0 Å². The number of likely N-dealkylation sites (tertiary alicyclic amines) is 1. The van der Waals surface area contributed by atoms with Gasteiger partial charge in [-0.25, -0.2) is 0 Å². The molecule has 0 bridgehead atoms. The average Bonchev–Trinajstić information content (AvgIpc) is 2.61. The van der Waals surface area contributed by atoms with Crippen LogP contribution in [0.5, 0.6) is 5.75 Å². The van der Waals surface area contributed by atoms with Gasteiger partial charge in [0, 0.05) is 25.6 Å². The van der Waals surface area contributed by atoms with Gasteiger partial charge in [-0.15, -0.1) is 0 Å². The number of hydrogen-bond donors (Lipinski definition) is 1. The molecule has 0 atom stereocenters. The third kappa shape index (κ3) is 6.22. The third-order valence-corrected chi connectivity index (χ3v) is 4.30. The summed E-state index contributed by atoms with van der Waals surface area (Å²) in [5.74, 6) is 1.05. The topological polar surface area (TPSA) is 58.6 Å². The quantitative estimate of drug-likeness (QED) is 0.796. The molecule has 24 heavy (non-hydrogen) atoms. The highest BCUT2D eigenvalue weighted by Gasteiger charge is 2.23. The van der Waals surface area contributed by atoms with E-state index < -0.39 is 0 Å². The van der Waals surface area contributed by atoms with Gasteiger partial charge in [0.1, 0.15) is 5.75 Å². The Hall–Kier alpha value is -2.04. The largest absolute Gasteiger partial charge is 0.493 e. The van der Waals surface area contributed by atoms with Crippen molar-refractivity contribution in [3.63, 3.8) is 0 Å². The number of benzene rings is 1. The van der Waals surface area contributed by atoms with E-state index in [0.717, 1.165) is 44.5 Å². The number of nitrogens with one attached hydrogen (secondary N) is 1. The summed E-state index contributed by atoms with van der Waals surface area (Å²) < 4.78 is 5.54. The van der Waals surface area contributed by atoms with Gasteiger partial charge in [-0.3, -0.25) is 9.59 Å². The van der Waals surface area contributed by atoms with Crippen molar-refractivity contribution in [3.05, 3.63) is 30.3 Å². The van der Waals surface area contributed by atoms with Crippen LogP contribution in [0.25, 0.3) is 0 Å². The summed E-state index contributed by atoms with van der Waals surface area (Å²) in [5.41, 5.74) is 0. The first-order valence-corrected chi connectivity index (χ1v) is 8.94. The number of carbonyl (C=O) groups is 2. The molecule has 2 rings (SSSR count). The van der Waals surface area contributed by atoms with Crippen molar-refractivity contribution in [3.8, 4) is 5.75 Å². The Morgan fingerprint density at radius 2 is 1.88 bits per heavy atom. The number of ether oxygens (including phenoxy) is 1. The number of amides is 2. The van der Waals surface area contributed by atoms with E-state index in [1.165, 1.54) is 0 Å². The normalized spacial score (nSPS) is 15.1. The number of nitrogens with zero attached hydrogens (tertiary/aromatic N) is 1. The minimum Gasteiger partial charge on any atom is -0.493 e. The number of rotatable bonds is 8. The monoisotopic (exact) mass is 332 g/mol. The lowest BCUT2D eigenvalue weighted by atomic mass is 10.0. The molecule has 1 N–H and O–H groups in total. The predicted octanol–water partition coefficient (Wildman–Crippen LogP) is 2.75. The molecule has 1 aromatic carbocycles. The van der Waals surface area contributed by atoms with Crippen LogP contribution >= 0.6 is 0 Å². The molecule has 1 saturated heterocycles. The minimum atomic E-state index is 0.0155. The Balaban J connectivity index is 1.61. The molecule has 0 aliphatic carbocycles. The zero-order valence-corrected chi connectivity index (χ0v) is 14.5. The Kier molecular flexibility index (Phi) is 7.59. The molecule has 0 saturated carbocycles. The van der Waals surface area contributed by atoms with Crippen LogP contribution in [0.3, 0.4) is 0 Å². The Morgan fingerprint density at radius 1 is 1.17 bits per heavy atom. The Bertz CT molecular complexity index is 511. The van der Waals surface area contributed by atoms with Crippen molar-refractivity contribution in [2.45, 2.75) is 51.5 Å². The van der Waals surface area contributed by atoms with E-state index in [2.05, 4.69) is 12.2 Å². The second-order valence-corrected chi connectivity index (χ2v) is 6.24. The van der Waals surface area contributed by atoms with Gasteiger partial charge in [-0.05, 0) is 31.4 Å². The predicted molar refractivity (Wildman–Crippen MR) is 93.8 cm³/mol. The van der Waals surface area contributed by atoms with Crippen molar-refractivity contribution in [2.75, 3.05) is 19.7 Å². The molecule has 1 aliphatic rings. The fraction of sp³-hybridized carbons (Fsp3) is 0.579. The second kappa shape index (κ2) is 9.96. The zero-order chi connectivity index (χ0) is 17.2. The molecule has 1 aromatic rings. The Labute approximate surface area is 144 Å². The molecule has 1 fully saturated rings. The highest BCUT2D eigenvalue weighted by Crippen LogP contribution is 2.13. The SMILES string of the molecule is CCCCC(=O)N1CCC(NC(=O)CCOc2ccccc2)CC1. The first-order chi connectivity index (χ1) is 11.7. The number of hydrogen-bond acceptors (Lipinski definition) is 3. The first kappa shape index (κ1) is 18.3. The van der Waals surface area contributed by atoms with Crippen LogP contribution in [0.2, 0.25) is 0 Å². The van der Waals surface area contributed by atoms with Crippen LogP contribution in [-0.2, 0) is 9.59 Å². The first-order valence-electron chi connectivity index (χ1n) is 8.94. The minimum absolute atomic E-state index is 0.0155. The van der Waals surface area contributed by atoms with Crippen LogP contribution in [0.4, 0.5) is 0 Å². The Morgan fingerprint density at radius 3 is 2.54 bits per heavy atom. The molecule has 5 heteroatoms. The molecule has 0 aromatic heterocycles. The number of piperidine rings is 1. The molecule has 132 valence electrons. The standard InChI is InChI=1S/C19H28N2O3/c1-2-3-9-19(23)21-13-10-16(11-14-21)20-18(22)12-15-24-17-7-5-4-6-8-17/h4-8,16H,2-3,9-15H2,1H3,(H,20,22). The van der Waals surface area contributed by atoms with E-state index in [0.29, 0.717) is 19.4 Å². The molecule has 0 spiro atoms. The maximum atomic E-state index is 12.0. The van der Waals surface area contributed by atoms with Gasteiger partial charge in [-0.2, -0.15) is 0 Å². The molecule has 0 unspecified atom stereocenters. The smallest absolute Gasteiger partial charge is 0.223 e. The highest BCUT2D eigenvalue weighted by molar-refractivity contribution is 5.77. The summed E-state index contributed by atoms with van der Waals surface area (Å²) in [6.07, 6.45) is 4.67. The molecule has 1 aliphatic heterocycles. The van der Waals surface area contributed by atoms with Gasteiger partial charge < -0.3 is 15.0 Å². The molecule has 5 nitrogen and oxygen atoms in total. The van der Waals surface area contributed by atoms with Gasteiger partial charge in [0.05, 0.1) is 13.0 Å². The van der Waals surface area contributed by atoms with Crippen molar-refractivity contribution >= 4 is 11.8 Å². The zero-order valence-electron chi connectivity index (χ0n) is 14.5. The average molecular weight is 332 g/mol. The lowest BCUT2D eigenvalue weighted by Crippen LogP contribution is -2.46. The third-order valence-electron chi connectivity index (χ3n) is 4.30. The van der Waals surface area contributed by atoms with Crippen molar-refractivity contribution in [2.24, 2.45) is 0 Å². The molecule has 2 amide bonds. The van der Waals surface area contributed by atoms with Crippen LogP contribution < -0.4 is 10.1 Å². The fourth-order valence-corrected chi connectivity index (χ4v) is 2.84. The van der Waals surface area contributed by atoms with Crippen LogP contribution in [0.15, 0.2) is 30.3 Å². The number of para-hydroxylation sites is 1. The van der Waals surface area contributed by atoms with Gasteiger partial charge in [0.25, 0.3) is 0 Å². The van der Waals surface area contributed by atoms with Gasteiger partial charge in [-0.1, -0.05) is 31.5 Å². The number of carbonyl (C=O) groups excluding carboxylic acids is 2. The molecular formula is C19H28N2O3. The van der Waals surface area contributed by atoms with E-state index in [9.17, 15) is 9.59 Å². The van der Waals surface area contributed by atoms with Gasteiger partial charge in [0.15, 0.2) is 0 Å². The highest BCUT2D eigenvalue weighted by atomic mass is 16.5. The van der Waals surface area contributed by atoms with E-state index >= 15 is 0 Å². The van der Waals surface area contributed by atoms with Crippen LogP contribution in [0.1, 0.15) is 45.4 Å². The molecule has 1 heterocycles. The van der Waals surface area contributed by atoms with E-state index in [1.54, 1.807) is 0 Å². The maximum absolute atomic E-state index is 12.0.